The van der Waals surface area contributed by atoms with Crippen molar-refractivity contribution in [1.29, 1.82) is 0 Å². The molecule has 0 aliphatic heterocycles. The molecule has 1 aromatic carbocycles. The Balaban J connectivity index is 2.09. The van der Waals surface area contributed by atoms with E-state index in [0.717, 1.165) is 4.47 Å². The Labute approximate surface area is 119 Å². The molecule has 0 aliphatic rings. The van der Waals surface area contributed by atoms with Gasteiger partial charge in [0.25, 0.3) is 0 Å². The highest BCUT2D eigenvalue weighted by Crippen LogP contribution is 2.35. The van der Waals surface area contributed by atoms with E-state index in [2.05, 4.69) is 31.3 Å². The average Bonchev–Trinajstić information content (AvgIpc) is 2.46. The number of methoxy groups -OCH3 is 1. The number of hydrogen-bond acceptors (Lipinski definition) is 6. The molecule has 2 aromatic rings. The van der Waals surface area contributed by atoms with E-state index in [0.29, 0.717) is 23.0 Å². The fourth-order valence-corrected chi connectivity index (χ4v) is 1.90. The highest BCUT2D eigenvalue weighted by molar-refractivity contribution is 9.10. The number of nitrogens with two attached hydrogens (primary N) is 1. The van der Waals surface area contributed by atoms with Gasteiger partial charge < -0.3 is 14.9 Å². The molecule has 3 N–H and O–H groups in total. The van der Waals surface area contributed by atoms with Gasteiger partial charge >= 0.3 is 0 Å². The molecule has 19 heavy (non-hydrogen) atoms. The molecule has 6 nitrogen and oxygen atoms in total. The maximum atomic E-state index is 5.69. The van der Waals surface area contributed by atoms with Gasteiger partial charge in [0.05, 0.1) is 29.7 Å². The van der Waals surface area contributed by atoms with Crippen LogP contribution in [0.5, 0.6) is 11.5 Å². The number of ether oxygens (including phenoxy) is 2. The molecule has 0 aliphatic carbocycles. The van der Waals surface area contributed by atoms with Gasteiger partial charge in [-0.05, 0) is 28.1 Å². The van der Waals surface area contributed by atoms with Crippen molar-refractivity contribution in [3.63, 3.8) is 0 Å². The molecule has 0 saturated heterocycles. The Morgan fingerprint density at radius 2 is 2.16 bits per heavy atom. The SMILES string of the molecule is COc1cccc(Br)c1OCc1cnc(NN)cn1. The number of nitrogen functional groups attached to an aromatic ring is 1. The predicted molar refractivity (Wildman–Crippen MR) is 74.9 cm³/mol. The maximum absolute atomic E-state index is 5.69. The second kappa shape index (κ2) is 6.35. The monoisotopic (exact) mass is 324 g/mol. The third-order valence-electron chi connectivity index (χ3n) is 2.37. The van der Waals surface area contributed by atoms with Crippen molar-refractivity contribution in [2.24, 2.45) is 5.84 Å². The lowest BCUT2D eigenvalue weighted by Gasteiger charge is -2.11. The topological polar surface area (TPSA) is 82.3 Å². The summed E-state index contributed by atoms with van der Waals surface area (Å²) in [7, 11) is 1.59. The first-order chi connectivity index (χ1) is 9.24. The summed E-state index contributed by atoms with van der Waals surface area (Å²) in [6.07, 6.45) is 3.13. The lowest BCUT2D eigenvalue weighted by Crippen LogP contribution is -2.09. The van der Waals surface area contributed by atoms with Gasteiger partial charge in [-0.3, -0.25) is 4.98 Å². The zero-order chi connectivity index (χ0) is 13.7. The molecule has 0 amide bonds. The summed E-state index contributed by atoms with van der Waals surface area (Å²) in [6.45, 7) is 0.289. The van der Waals surface area contributed by atoms with Gasteiger partial charge in [-0.2, -0.15) is 0 Å². The highest BCUT2D eigenvalue weighted by atomic mass is 79.9. The number of halogens is 1. The first-order valence-corrected chi connectivity index (χ1v) is 6.26. The normalized spacial score (nSPS) is 10.1. The molecule has 0 fully saturated rings. The minimum Gasteiger partial charge on any atom is -0.493 e. The van der Waals surface area contributed by atoms with E-state index in [1.807, 2.05) is 18.2 Å². The number of hydrogen-bond donors (Lipinski definition) is 2. The average molecular weight is 325 g/mol. The minimum absolute atomic E-state index is 0.289. The fraction of sp³-hybridized carbons (Fsp3) is 0.167. The van der Waals surface area contributed by atoms with Crippen LogP contribution in [0.25, 0.3) is 0 Å². The highest BCUT2D eigenvalue weighted by Gasteiger charge is 2.09. The van der Waals surface area contributed by atoms with Crippen LogP contribution in [0.15, 0.2) is 35.1 Å². The number of rotatable bonds is 5. The predicted octanol–water partition coefficient (Wildman–Crippen LogP) is 2.11. The molecule has 0 bridgehead atoms. The third kappa shape index (κ3) is 3.33. The van der Waals surface area contributed by atoms with Crippen LogP contribution >= 0.6 is 15.9 Å². The van der Waals surface area contributed by atoms with E-state index in [4.69, 9.17) is 15.3 Å². The zero-order valence-corrected chi connectivity index (χ0v) is 11.8. The Bertz CT molecular complexity index is 548. The maximum Gasteiger partial charge on any atom is 0.175 e. The van der Waals surface area contributed by atoms with Gasteiger partial charge in [-0.15, -0.1) is 0 Å². The van der Waals surface area contributed by atoms with E-state index in [-0.39, 0.29) is 6.61 Å². The van der Waals surface area contributed by atoms with Gasteiger partial charge in [-0.1, -0.05) is 6.07 Å². The van der Waals surface area contributed by atoms with E-state index in [9.17, 15) is 0 Å². The number of hydrazine groups is 1. The van der Waals surface area contributed by atoms with E-state index < -0.39 is 0 Å². The van der Waals surface area contributed by atoms with E-state index >= 15 is 0 Å². The molecule has 0 radical (unpaired) electrons. The second-order valence-electron chi connectivity index (χ2n) is 3.60. The fourth-order valence-electron chi connectivity index (χ4n) is 1.44. The largest absolute Gasteiger partial charge is 0.493 e. The van der Waals surface area contributed by atoms with Crippen molar-refractivity contribution in [3.8, 4) is 11.5 Å². The van der Waals surface area contributed by atoms with Gasteiger partial charge in [0.15, 0.2) is 17.3 Å². The van der Waals surface area contributed by atoms with Crippen molar-refractivity contribution in [1.82, 2.24) is 9.97 Å². The molecule has 0 saturated carbocycles. The van der Waals surface area contributed by atoms with Crippen LogP contribution in [0.3, 0.4) is 0 Å². The first kappa shape index (κ1) is 13.6. The molecule has 0 unspecified atom stereocenters. The van der Waals surface area contributed by atoms with Crippen LogP contribution in [0.4, 0.5) is 5.82 Å². The lowest BCUT2D eigenvalue weighted by atomic mass is 10.3. The van der Waals surface area contributed by atoms with Crippen molar-refractivity contribution < 1.29 is 9.47 Å². The number of benzene rings is 1. The van der Waals surface area contributed by atoms with E-state index in [1.165, 1.54) is 6.20 Å². The number of anilines is 1. The Morgan fingerprint density at radius 1 is 1.32 bits per heavy atom. The van der Waals surface area contributed by atoms with Crippen molar-refractivity contribution in [3.05, 3.63) is 40.8 Å². The third-order valence-corrected chi connectivity index (χ3v) is 2.99. The molecule has 7 heteroatoms. The summed E-state index contributed by atoms with van der Waals surface area (Å²) < 4.78 is 11.7. The molecule has 100 valence electrons. The van der Waals surface area contributed by atoms with Gasteiger partial charge in [0.1, 0.15) is 6.61 Å². The summed E-state index contributed by atoms with van der Waals surface area (Å²) in [6, 6.07) is 5.58. The number of aromatic nitrogens is 2. The van der Waals surface area contributed by atoms with Crippen LogP contribution in [-0.2, 0) is 6.61 Å². The molecule has 1 aromatic heterocycles. The lowest BCUT2D eigenvalue weighted by molar-refractivity contribution is 0.278. The van der Waals surface area contributed by atoms with Crippen molar-refractivity contribution >= 4 is 21.7 Å². The molecule has 1 heterocycles. The second-order valence-corrected chi connectivity index (χ2v) is 4.45. The summed E-state index contributed by atoms with van der Waals surface area (Å²) in [5, 5.41) is 0. The van der Waals surface area contributed by atoms with E-state index in [1.54, 1.807) is 13.3 Å². The van der Waals surface area contributed by atoms with Crippen LogP contribution in [-0.4, -0.2) is 17.1 Å². The molecule has 0 atom stereocenters. The summed E-state index contributed by atoms with van der Waals surface area (Å²) in [5.41, 5.74) is 3.10. The number of para-hydroxylation sites is 1. The van der Waals surface area contributed by atoms with Gasteiger partial charge in [0.2, 0.25) is 0 Å². The Kier molecular flexibility index (Phi) is 4.53. The van der Waals surface area contributed by atoms with Crippen molar-refractivity contribution in [2.45, 2.75) is 6.61 Å². The van der Waals surface area contributed by atoms with Crippen LogP contribution in [0.2, 0.25) is 0 Å². The molecule has 0 spiro atoms. The Morgan fingerprint density at radius 3 is 2.79 bits per heavy atom. The minimum atomic E-state index is 0.289. The van der Waals surface area contributed by atoms with Crippen LogP contribution < -0.4 is 20.7 Å². The molecular formula is C12H13BrN4O2. The van der Waals surface area contributed by atoms with Crippen LogP contribution in [0.1, 0.15) is 5.69 Å². The summed E-state index contributed by atoms with van der Waals surface area (Å²) >= 11 is 3.42. The smallest absolute Gasteiger partial charge is 0.175 e. The molecule has 2 rings (SSSR count). The molecular weight excluding hydrogens is 312 g/mol. The first-order valence-electron chi connectivity index (χ1n) is 5.47. The summed E-state index contributed by atoms with van der Waals surface area (Å²) in [4.78, 5) is 8.22. The van der Waals surface area contributed by atoms with Crippen molar-refractivity contribution in [2.75, 3.05) is 12.5 Å². The number of nitrogens with one attached hydrogen (secondary N) is 1. The van der Waals surface area contributed by atoms with Gasteiger partial charge in [0, 0.05) is 0 Å². The quantitative estimate of drug-likeness (QED) is 0.647. The Hall–Kier alpha value is -1.86. The van der Waals surface area contributed by atoms with Crippen LogP contribution in [0, 0.1) is 0 Å². The standard InChI is InChI=1S/C12H13BrN4O2/c1-18-10-4-2-3-9(13)12(10)19-7-8-5-16-11(17-14)6-15-8/h2-6H,7,14H2,1H3,(H,16,17). The van der Waals surface area contributed by atoms with Gasteiger partial charge in [-0.25, -0.2) is 10.8 Å². The number of nitrogens with zero attached hydrogens (tertiary/aromatic N) is 2. The summed E-state index contributed by atoms with van der Waals surface area (Å²) in [5.74, 6) is 7.01. The zero-order valence-electron chi connectivity index (χ0n) is 10.3.